The lowest BCUT2D eigenvalue weighted by atomic mass is 10.0. The van der Waals surface area contributed by atoms with E-state index in [-0.39, 0.29) is 17.7 Å². The maximum absolute atomic E-state index is 12.6. The Kier molecular flexibility index (Phi) is 5.30. The Labute approximate surface area is 140 Å². The number of nitrogens with zero attached hydrogens (tertiary/aromatic N) is 2. The number of primary amides is 1. The minimum atomic E-state index is -0.326. The van der Waals surface area contributed by atoms with Crippen LogP contribution in [0.1, 0.15) is 22.5 Å². The van der Waals surface area contributed by atoms with Gasteiger partial charge in [-0.15, -0.1) is 11.3 Å². The summed E-state index contributed by atoms with van der Waals surface area (Å²) in [5, 5.41) is 1.89. The number of rotatable bonds is 3. The van der Waals surface area contributed by atoms with Crippen LogP contribution in [0, 0.1) is 5.92 Å². The van der Waals surface area contributed by atoms with Crippen molar-refractivity contribution in [1.82, 2.24) is 9.80 Å². The van der Waals surface area contributed by atoms with E-state index in [0.29, 0.717) is 30.6 Å². The molecule has 2 aliphatic rings. The molecule has 126 valence electrons. The number of hydrogen-bond donors (Lipinski definition) is 1. The Morgan fingerprint density at radius 1 is 1.22 bits per heavy atom. The number of amides is 2. The third-order valence-electron chi connectivity index (χ3n) is 4.68. The standard InChI is InChI=1S/C16H23N3O3S/c17-15(20)12-10-18(13-3-7-22-8-4-13)5-6-19(11-12)16(21)14-2-1-9-23-14/h1-2,9,12-13H,3-8,10-11H2,(H2,17,20)/t12-/m0/s1. The normalized spacial score (nSPS) is 24.3. The molecule has 0 saturated carbocycles. The molecular weight excluding hydrogens is 314 g/mol. The smallest absolute Gasteiger partial charge is 0.263 e. The highest BCUT2D eigenvalue weighted by Gasteiger charge is 2.32. The third-order valence-corrected chi connectivity index (χ3v) is 5.54. The third kappa shape index (κ3) is 3.91. The first-order valence-electron chi connectivity index (χ1n) is 8.09. The van der Waals surface area contributed by atoms with Crippen molar-refractivity contribution in [1.29, 1.82) is 0 Å². The van der Waals surface area contributed by atoms with Gasteiger partial charge in [-0.1, -0.05) is 6.07 Å². The summed E-state index contributed by atoms with van der Waals surface area (Å²) in [6.07, 6.45) is 1.95. The molecule has 0 bridgehead atoms. The highest BCUT2D eigenvalue weighted by molar-refractivity contribution is 7.12. The first kappa shape index (κ1) is 16.4. The van der Waals surface area contributed by atoms with E-state index in [9.17, 15) is 9.59 Å². The maximum atomic E-state index is 12.6. The summed E-state index contributed by atoms with van der Waals surface area (Å²) >= 11 is 1.43. The Hall–Kier alpha value is -1.44. The highest BCUT2D eigenvalue weighted by atomic mass is 32.1. The van der Waals surface area contributed by atoms with E-state index in [0.717, 1.165) is 32.6 Å². The van der Waals surface area contributed by atoms with Crippen molar-refractivity contribution >= 4 is 23.2 Å². The van der Waals surface area contributed by atoms with Gasteiger partial charge in [0.2, 0.25) is 5.91 Å². The summed E-state index contributed by atoms with van der Waals surface area (Å²) in [5.74, 6) is -0.641. The number of carbonyl (C=O) groups is 2. The van der Waals surface area contributed by atoms with Gasteiger partial charge in [0.15, 0.2) is 0 Å². The summed E-state index contributed by atoms with van der Waals surface area (Å²) in [5.41, 5.74) is 5.58. The van der Waals surface area contributed by atoms with E-state index < -0.39 is 0 Å². The second kappa shape index (κ2) is 7.42. The molecule has 1 aromatic heterocycles. The van der Waals surface area contributed by atoms with Crippen molar-refractivity contribution in [2.75, 3.05) is 39.4 Å². The van der Waals surface area contributed by atoms with Crippen LogP contribution in [-0.4, -0.2) is 67.0 Å². The Morgan fingerprint density at radius 2 is 2.00 bits per heavy atom. The second-order valence-electron chi connectivity index (χ2n) is 6.17. The van der Waals surface area contributed by atoms with Gasteiger partial charge in [0.25, 0.3) is 5.91 Å². The molecule has 0 unspecified atom stereocenters. The molecule has 0 aromatic carbocycles. The molecule has 6 nitrogen and oxygen atoms in total. The van der Waals surface area contributed by atoms with Crippen molar-refractivity contribution in [2.45, 2.75) is 18.9 Å². The fourth-order valence-corrected chi connectivity index (χ4v) is 4.03. The van der Waals surface area contributed by atoms with Crippen molar-refractivity contribution in [3.8, 4) is 0 Å². The summed E-state index contributed by atoms with van der Waals surface area (Å²) in [6, 6.07) is 4.12. The average Bonchev–Trinajstić information content (AvgIpc) is 3.00. The number of ether oxygens (including phenoxy) is 1. The number of nitrogens with two attached hydrogens (primary N) is 1. The lowest BCUT2D eigenvalue weighted by Gasteiger charge is -2.34. The molecule has 3 rings (SSSR count). The summed E-state index contributed by atoms with van der Waals surface area (Å²) in [6.45, 7) is 3.99. The molecule has 0 spiro atoms. The molecule has 3 heterocycles. The van der Waals surface area contributed by atoms with E-state index in [2.05, 4.69) is 4.90 Å². The van der Waals surface area contributed by atoms with Gasteiger partial charge in [-0.05, 0) is 24.3 Å². The van der Waals surface area contributed by atoms with Crippen LogP contribution in [0.15, 0.2) is 17.5 Å². The van der Waals surface area contributed by atoms with Gasteiger partial charge in [0, 0.05) is 45.4 Å². The predicted molar refractivity (Wildman–Crippen MR) is 88.3 cm³/mol. The van der Waals surface area contributed by atoms with E-state index in [4.69, 9.17) is 10.5 Å². The van der Waals surface area contributed by atoms with Crippen LogP contribution in [0.2, 0.25) is 0 Å². The summed E-state index contributed by atoms with van der Waals surface area (Å²) < 4.78 is 5.42. The van der Waals surface area contributed by atoms with Crippen molar-refractivity contribution in [3.05, 3.63) is 22.4 Å². The van der Waals surface area contributed by atoms with Gasteiger partial charge >= 0.3 is 0 Å². The first-order chi connectivity index (χ1) is 11.1. The summed E-state index contributed by atoms with van der Waals surface area (Å²) in [4.78, 5) is 29.2. The van der Waals surface area contributed by atoms with Crippen molar-refractivity contribution < 1.29 is 14.3 Å². The molecular formula is C16H23N3O3S. The molecule has 1 atom stereocenters. The van der Waals surface area contributed by atoms with Crippen LogP contribution in [-0.2, 0) is 9.53 Å². The largest absolute Gasteiger partial charge is 0.381 e. The van der Waals surface area contributed by atoms with E-state index in [1.165, 1.54) is 11.3 Å². The fourth-order valence-electron chi connectivity index (χ4n) is 3.34. The van der Waals surface area contributed by atoms with Gasteiger partial charge in [-0.3, -0.25) is 14.5 Å². The van der Waals surface area contributed by atoms with E-state index in [1.807, 2.05) is 17.5 Å². The molecule has 2 saturated heterocycles. The van der Waals surface area contributed by atoms with Gasteiger partial charge in [0.05, 0.1) is 10.8 Å². The van der Waals surface area contributed by atoms with Crippen LogP contribution < -0.4 is 5.73 Å². The van der Waals surface area contributed by atoms with Gasteiger partial charge in [-0.25, -0.2) is 0 Å². The van der Waals surface area contributed by atoms with Crippen molar-refractivity contribution in [2.24, 2.45) is 11.7 Å². The maximum Gasteiger partial charge on any atom is 0.263 e. The Balaban J connectivity index is 1.72. The van der Waals surface area contributed by atoms with Gasteiger partial charge in [-0.2, -0.15) is 0 Å². The monoisotopic (exact) mass is 337 g/mol. The minimum Gasteiger partial charge on any atom is -0.381 e. The molecule has 2 amide bonds. The molecule has 2 N–H and O–H groups in total. The number of carbonyl (C=O) groups excluding carboxylic acids is 2. The SMILES string of the molecule is NC(=O)[C@@H]1CN(C(=O)c2cccs2)CCN(C2CCOCC2)C1. The topological polar surface area (TPSA) is 75.9 Å². The predicted octanol–water partition coefficient (Wildman–Crippen LogP) is 0.786. The Bertz CT molecular complexity index is 543. The fraction of sp³-hybridized carbons (Fsp3) is 0.625. The lowest BCUT2D eigenvalue weighted by molar-refractivity contribution is -0.122. The minimum absolute atomic E-state index is 0.0000718. The molecule has 7 heteroatoms. The molecule has 2 aliphatic heterocycles. The quantitative estimate of drug-likeness (QED) is 0.885. The zero-order valence-corrected chi connectivity index (χ0v) is 14.0. The van der Waals surface area contributed by atoms with E-state index >= 15 is 0 Å². The zero-order valence-electron chi connectivity index (χ0n) is 13.1. The number of hydrogen-bond acceptors (Lipinski definition) is 5. The molecule has 0 aliphatic carbocycles. The van der Waals surface area contributed by atoms with Crippen LogP contribution in [0.3, 0.4) is 0 Å². The lowest BCUT2D eigenvalue weighted by Crippen LogP contribution is -2.44. The molecule has 2 fully saturated rings. The second-order valence-corrected chi connectivity index (χ2v) is 7.11. The van der Waals surface area contributed by atoms with E-state index in [1.54, 1.807) is 4.90 Å². The Morgan fingerprint density at radius 3 is 2.65 bits per heavy atom. The van der Waals surface area contributed by atoms with Crippen molar-refractivity contribution in [3.63, 3.8) is 0 Å². The zero-order chi connectivity index (χ0) is 16.2. The van der Waals surface area contributed by atoms with Gasteiger partial charge < -0.3 is 15.4 Å². The average molecular weight is 337 g/mol. The molecule has 0 radical (unpaired) electrons. The molecule has 23 heavy (non-hydrogen) atoms. The van der Waals surface area contributed by atoms with Crippen LogP contribution in [0.25, 0.3) is 0 Å². The molecule has 1 aromatic rings. The van der Waals surface area contributed by atoms with Gasteiger partial charge in [0.1, 0.15) is 0 Å². The van der Waals surface area contributed by atoms with Crippen LogP contribution in [0.5, 0.6) is 0 Å². The summed E-state index contributed by atoms with van der Waals surface area (Å²) in [7, 11) is 0. The first-order valence-corrected chi connectivity index (χ1v) is 8.97. The van der Waals surface area contributed by atoms with Crippen LogP contribution >= 0.6 is 11.3 Å². The van der Waals surface area contributed by atoms with Crippen LogP contribution in [0.4, 0.5) is 0 Å². The highest BCUT2D eigenvalue weighted by Crippen LogP contribution is 2.21. The number of thiophene rings is 1.